The van der Waals surface area contributed by atoms with Gasteiger partial charge in [-0.2, -0.15) is 0 Å². The third-order valence-electron chi connectivity index (χ3n) is 5.07. The molecule has 156 valence electrons. The number of rotatable bonds is 6. The zero-order valence-corrected chi connectivity index (χ0v) is 18.0. The second kappa shape index (κ2) is 9.16. The SMILES string of the molecule is CCON(c1ccc(C(=NO)c2ccccc2C)c(Cl)c1)c1cncc2ccccc12. The first-order valence-electron chi connectivity index (χ1n) is 9.97. The lowest BCUT2D eigenvalue weighted by molar-refractivity contribution is 0.150. The van der Waals surface area contributed by atoms with Crippen LogP contribution < -0.4 is 5.06 Å². The van der Waals surface area contributed by atoms with Gasteiger partial charge in [-0.15, -0.1) is 0 Å². The molecular formula is C25H22ClN3O2. The van der Waals surface area contributed by atoms with Gasteiger partial charge in [0.15, 0.2) is 0 Å². The van der Waals surface area contributed by atoms with Crippen LogP contribution in [0.3, 0.4) is 0 Å². The molecule has 1 N–H and O–H groups in total. The second-order valence-corrected chi connectivity index (χ2v) is 7.43. The van der Waals surface area contributed by atoms with Gasteiger partial charge in [-0.1, -0.05) is 65.3 Å². The molecule has 4 aromatic rings. The summed E-state index contributed by atoms with van der Waals surface area (Å²) in [7, 11) is 0. The molecule has 3 aromatic carbocycles. The molecule has 31 heavy (non-hydrogen) atoms. The van der Waals surface area contributed by atoms with E-state index in [0.29, 0.717) is 22.9 Å². The highest BCUT2D eigenvalue weighted by molar-refractivity contribution is 6.35. The standard InChI is InChI=1S/C25H22ClN3O2/c1-3-31-29(24-16-27-15-18-9-5-7-11-21(18)24)19-12-13-22(23(26)14-19)25(28-30)20-10-6-4-8-17(20)2/h4-16,30H,3H2,1-2H3. The molecule has 6 heteroatoms. The van der Waals surface area contributed by atoms with E-state index in [-0.39, 0.29) is 0 Å². The van der Waals surface area contributed by atoms with Crippen molar-refractivity contribution in [2.45, 2.75) is 13.8 Å². The molecule has 0 saturated carbocycles. The van der Waals surface area contributed by atoms with Crippen molar-refractivity contribution < 1.29 is 10.0 Å². The van der Waals surface area contributed by atoms with Crippen LogP contribution in [0.2, 0.25) is 5.02 Å². The maximum Gasteiger partial charge on any atom is 0.118 e. The van der Waals surface area contributed by atoms with Crippen LogP contribution in [-0.2, 0) is 4.84 Å². The van der Waals surface area contributed by atoms with Crippen molar-refractivity contribution in [3.05, 3.63) is 101 Å². The predicted molar refractivity (Wildman–Crippen MR) is 126 cm³/mol. The van der Waals surface area contributed by atoms with E-state index in [9.17, 15) is 5.21 Å². The number of hydrogen-bond donors (Lipinski definition) is 1. The van der Waals surface area contributed by atoms with Gasteiger partial charge in [0.2, 0.25) is 0 Å². The lowest BCUT2D eigenvalue weighted by Gasteiger charge is -2.25. The summed E-state index contributed by atoms with van der Waals surface area (Å²) in [6.45, 7) is 4.36. The lowest BCUT2D eigenvalue weighted by Crippen LogP contribution is -2.18. The van der Waals surface area contributed by atoms with Crippen molar-refractivity contribution in [1.29, 1.82) is 0 Å². The summed E-state index contributed by atoms with van der Waals surface area (Å²) < 4.78 is 0. The van der Waals surface area contributed by atoms with E-state index in [1.807, 2.05) is 80.7 Å². The summed E-state index contributed by atoms with van der Waals surface area (Å²) >= 11 is 6.67. The number of benzene rings is 3. The maximum atomic E-state index is 9.73. The Balaban J connectivity index is 1.79. The number of aryl methyl sites for hydroxylation is 1. The summed E-state index contributed by atoms with van der Waals surface area (Å²) in [5, 5.41) is 17.5. The summed E-state index contributed by atoms with van der Waals surface area (Å²) in [5.41, 5.74) is 4.43. The largest absolute Gasteiger partial charge is 0.410 e. The van der Waals surface area contributed by atoms with Gasteiger partial charge in [-0.05, 0) is 37.6 Å². The summed E-state index contributed by atoms with van der Waals surface area (Å²) in [4.78, 5) is 10.3. The fourth-order valence-electron chi connectivity index (χ4n) is 3.59. The van der Waals surface area contributed by atoms with Crippen LogP contribution in [-0.4, -0.2) is 22.5 Å². The number of hydrogen-bond acceptors (Lipinski definition) is 5. The smallest absolute Gasteiger partial charge is 0.118 e. The minimum absolute atomic E-state index is 0.421. The molecule has 0 bridgehead atoms. The highest BCUT2D eigenvalue weighted by atomic mass is 35.5. The Kier molecular flexibility index (Phi) is 6.16. The Hall–Kier alpha value is -3.41. The number of aromatic nitrogens is 1. The molecule has 0 radical (unpaired) electrons. The molecule has 0 unspecified atom stereocenters. The Morgan fingerprint density at radius 3 is 2.55 bits per heavy atom. The van der Waals surface area contributed by atoms with Crippen LogP contribution in [0.4, 0.5) is 11.4 Å². The van der Waals surface area contributed by atoms with Crippen LogP contribution in [0.1, 0.15) is 23.6 Å². The number of nitrogens with zero attached hydrogens (tertiary/aromatic N) is 3. The van der Waals surface area contributed by atoms with E-state index < -0.39 is 0 Å². The number of anilines is 2. The molecular weight excluding hydrogens is 410 g/mol. The zero-order valence-electron chi connectivity index (χ0n) is 17.3. The second-order valence-electron chi connectivity index (χ2n) is 7.02. The highest BCUT2D eigenvalue weighted by Crippen LogP contribution is 2.34. The average molecular weight is 432 g/mol. The minimum atomic E-state index is 0.421. The molecule has 0 saturated heterocycles. The quantitative estimate of drug-likeness (QED) is 0.215. The van der Waals surface area contributed by atoms with Crippen molar-refractivity contribution in [3.63, 3.8) is 0 Å². The number of halogens is 1. The first-order chi connectivity index (χ1) is 15.1. The normalized spacial score (nSPS) is 11.6. The Morgan fingerprint density at radius 1 is 1.03 bits per heavy atom. The van der Waals surface area contributed by atoms with Crippen molar-refractivity contribution in [1.82, 2.24) is 4.98 Å². The average Bonchev–Trinajstić information content (AvgIpc) is 2.80. The Bertz CT molecular complexity index is 1250. The number of oxime groups is 1. The molecule has 0 aliphatic heterocycles. The fraction of sp³-hybridized carbons (Fsp3) is 0.120. The van der Waals surface area contributed by atoms with E-state index >= 15 is 0 Å². The zero-order chi connectivity index (χ0) is 21.8. The van der Waals surface area contributed by atoms with Crippen molar-refractivity contribution in [2.24, 2.45) is 5.16 Å². The first kappa shape index (κ1) is 20.8. The van der Waals surface area contributed by atoms with Gasteiger partial charge in [-0.25, -0.2) is 5.06 Å². The lowest BCUT2D eigenvalue weighted by atomic mass is 9.98. The first-order valence-corrected chi connectivity index (χ1v) is 10.4. The van der Waals surface area contributed by atoms with Gasteiger partial charge < -0.3 is 5.21 Å². The number of fused-ring (bicyclic) bond motifs is 1. The van der Waals surface area contributed by atoms with E-state index in [0.717, 1.165) is 33.3 Å². The summed E-state index contributed by atoms with van der Waals surface area (Å²) in [6, 6.07) is 21.3. The van der Waals surface area contributed by atoms with Crippen LogP contribution in [0.5, 0.6) is 0 Å². The fourth-order valence-corrected chi connectivity index (χ4v) is 3.85. The molecule has 0 atom stereocenters. The van der Waals surface area contributed by atoms with Crippen LogP contribution in [0.25, 0.3) is 10.8 Å². The van der Waals surface area contributed by atoms with Gasteiger partial charge in [0.05, 0.1) is 29.2 Å². The van der Waals surface area contributed by atoms with Gasteiger partial charge in [0.25, 0.3) is 0 Å². The molecule has 5 nitrogen and oxygen atoms in total. The molecule has 0 amide bonds. The maximum absolute atomic E-state index is 9.73. The van der Waals surface area contributed by atoms with E-state index in [1.165, 1.54) is 0 Å². The van der Waals surface area contributed by atoms with Gasteiger partial charge in [0.1, 0.15) is 5.71 Å². The van der Waals surface area contributed by atoms with Gasteiger partial charge in [0, 0.05) is 28.1 Å². The van der Waals surface area contributed by atoms with Crippen LogP contribution >= 0.6 is 11.6 Å². The van der Waals surface area contributed by atoms with E-state index in [2.05, 4.69) is 10.1 Å². The summed E-state index contributed by atoms with van der Waals surface area (Å²) in [5.74, 6) is 0. The monoisotopic (exact) mass is 431 g/mol. The van der Waals surface area contributed by atoms with E-state index in [1.54, 1.807) is 17.3 Å². The molecule has 4 rings (SSSR count). The van der Waals surface area contributed by atoms with Crippen molar-refractivity contribution in [2.75, 3.05) is 11.7 Å². The molecule has 1 heterocycles. The Labute approximate surface area is 186 Å². The van der Waals surface area contributed by atoms with Crippen LogP contribution in [0.15, 0.2) is 84.3 Å². The Morgan fingerprint density at radius 2 is 1.81 bits per heavy atom. The molecule has 0 aliphatic rings. The van der Waals surface area contributed by atoms with E-state index in [4.69, 9.17) is 16.4 Å². The van der Waals surface area contributed by atoms with Gasteiger partial charge >= 0.3 is 0 Å². The molecule has 1 aromatic heterocycles. The van der Waals surface area contributed by atoms with Gasteiger partial charge in [-0.3, -0.25) is 9.82 Å². The highest BCUT2D eigenvalue weighted by Gasteiger charge is 2.18. The molecule has 0 fully saturated rings. The number of pyridine rings is 1. The van der Waals surface area contributed by atoms with Crippen molar-refractivity contribution in [3.8, 4) is 0 Å². The van der Waals surface area contributed by atoms with Crippen LogP contribution in [0, 0.1) is 6.92 Å². The topological polar surface area (TPSA) is 58.0 Å². The summed E-state index contributed by atoms with van der Waals surface area (Å²) in [6.07, 6.45) is 3.60. The third-order valence-corrected chi connectivity index (χ3v) is 5.38. The molecule has 0 aliphatic carbocycles. The van der Waals surface area contributed by atoms with Crippen molar-refractivity contribution >= 4 is 39.5 Å². The third kappa shape index (κ3) is 4.10. The predicted octanol–water partition coefficient (Wildman–Crippen LogP) is 6.51. The minimum Gasteiger partial charge on any atom is -0.410 e. The molecule has 0 spiro atoms.